The maximum atomic E-state index is 13.4. The van der Waals surface area contributed by atoms with Gasteiger partial charge in [0, 0.05) is 5.56 Å². The molecule has 0 bridgehead atoms. The van der Waals surface area contributed by atoms with Gasteiger partial charge >= 0.3 is 12.1 Å². The maximum Gasteiger partial charge on any atom is 0.435 e. The van der Waals surface area contributed by atoms with Crippen LogP contribution < -0.4 is 0 Å². The van der Waals surface area contributed by atoms with E-state index in [1.807, 2.05) is 6.92 Å². The predicted octanol–water partition coefficient (Wildman–Crippen LogP) is 6.15. The summed E-state index contributed by atoms with van der Waals surface area (Å²) in [6.07, 6.45) is -4.68. The lowest BCUT2D eigenvalue weighted by atomic mass is 10.1. The Kier molecular flexibility index (Phi) is 7.42. The Morgan fingerprint density at radius 3 is 2.27 bits per heavy atom. The first kappa shape index (κ1) is 26.4. The van der Waals surface area contributed by atoms with Gasteiger partial charge in [-0.25, -0.2) is 17.9 Å². The molecule has 1 heterocycles. The molecule has 1 aromatic heterocycles. The molecule has 11 heteroatoms. The van der Waals surface area contributed by atoms with E-state index in [1.54, 1.807) is 24.3 Å². The van der Waals surface area contributed by atoms with Gasteiger partial charge in [-0.3, -0.25) is 0 Å². The van der Waals surface area contributed by atoms with Crippen molar-refractivity contribution in [1.82, 2.24) is 9.78 Å². The summed E-state index contributed by atoms with van der Waals surface area (Å²) in [5.41, 5.74) is 0.647. The number of carbonyl (C=O) groups excluding carboxylic acids is 1. The summed E-state index contributed by atoms with van der Waals surface area (Å²) >= 11 is 6.19. The van der Waals surface area contributed by atoms with Crippen molar-refractivity contribution in [3.63, 3.8) is 0 Å². The fourth-order valence-corrected chi connectivity index (χ4v) is 4.81. The smallest absolute Gasteiger partial charge is 0.435 e. The second-order valence-electron chi connectivity index (χ2n) is 8.12. The topological polar surface area (TPSA) is 78.3 Å². The summed E-state index contributed by atoms with van der Waals surface area (Å²) in [7, 11) is -3.63. The number of aryl methyl sites for hydroxylation is 1. The van der Waals surface area contributed by atoms with Crippen molar-refractivity contribution in [2.45, 2.75) is 18.0 Å². The van der Waals surface area contributed by atoms with Crippen molar-refractivity contribution in [3.05, 3.63) is 101 Å². The number of hydrogen-bond donors (Lipinski definition) is 0. The van der Waals surface area contributed by atoms with Crippen molar-refractivity contribution >= 4 is 27.4 Å². The number of nitrogens with zero attached hydrogens (tertiary/aromatic N) is 2. The Hall–Kier alpha value is -3.63. The molecule has 0 saturated carbocycles. The zero-order valence-electron chi connectivity index (χ0n) is 19.4. The number of para-hydroxylation sites is 1. The average molecular weight is 549 g/mol. The Balaban J connectivity index is 1.51. The van der Waals surface area contributed by atoms with Gasteiger partial charge in [-0.2, -0.15) is 18.3 Å². The summed E-state index contributed by atoms with van der Waals surface area (Å²) in [5, 5.41) is 3.91. The van der Waals surface area contributed by atoms with Crippen LogP contribution in [0.1, 0.15) is 21.6 Å². The fourth-order valence-electron chi connectivity index (χ4n) is 3.50. The lowest BCUT2D eigenvalue weighted by Crippen LogP contribution is -2.15. The molecule has 37 heavy (non-hydrogen) atoms. The average Bonchev–Trinajstić information content (AvgIpc) is 3.30. The molecule has 0 radical (unpaired) electrons. The molecule has 0 unspecified atom stereocenters. The molecule has 0 aliphatic carbocycles. The first-order chi connectivity index (χ1) is 17.5. The molecule has 192 valence electrons. The van der Waals surface area contributed by atoms with Gasteiger partial charge in [0.25, 0.3) is 0 Å². The highest BCUT2D eigenvalue weighted by molar-refractivity contribution is 7.91. The third kappa shape index (κ3) is 6.03. The highest BCUT2D eigenvalue weighted by atomic mass is 35.5. The van der Waals surface area contributed by atoms with Crippen molar-refractivity contribution in [2.24, 2.45) is 0 Å². The third-order valence-electron chi connectivity index (χ3n) is 5.46. The molecular weight excluding hydrogens is 529 g/mol. The van der Waals surface area contributed by atoms with Gasteiger partial charge in [0.15, 0.2) is 15.5 Å². The number of aromatic nitrogens is 2. The number of hydrogen-bond acceptors (Lipinski definition) is 5. The van der Waals surface area contributed by atoms with E-state index >= 15 is 0 Å². The zero-order chi connectivity index (χ0) is 26.8. The molecule has 0 atom stereocenters. The lowest BCUT2D eigenvalue weighted by molar-refractivity contribution is -0.141. The van der Waals surface area contributed by atoms with Crippen LogP contribution in [0.2, 0.25) is 5.02 Å². The van der Waals surface area contributed by atoms with Crippen LogP contribution in [0, 0.1) is 6.92 Å². The maximum absolute atomic E-state index is 13.4. The summed E-state index contributed by atoms with van der Waals surface area (Å²) in [6.45, 7) is 1.48. The number of esters is 1. The molecule has 3 aromatic carbocycles. The van der Waals surface area contributed by atoms with Gasteiger partial charge in [0.1, 0.15) is 6.61 Å². The highest BCUT2D eigenvalue weighted by Crippen LogP contribution is 2.34. The van der Waals surface area contributed by atoms with E-state index in [-0.39, 0.29) is 33.5 Å². The molecule has 4 rings (SSSR count). The van der Waals surface area contributed by atoms with Crippen molar-refractivity contribution in [3.8, 4) is 16.9 Å². The first-order valence-corrected chi connectivity index (χ1v) is 13.0. The van der Waals surface area contributed by atoms with Crippen LogP contribution >= 0.6 is 11.6 Å². The minimum Gasteiger partial charge on any atom is -0.461 e. The normalized spacial score (nSPS) is 11.9. The third-order valence-corrected chi connectivity index (χ3v) is 7.48. The molecule has 4 aromatic rings. The highest BCUT2D eigenvalue weighted by Gasteiger charge is 2.35. The molecular formula is C26H20ClF3N2O4S. The molecule has 0 saturated heterocycles. The van der Waals surface area contributed by atoms with Crippen molar-refractivity contribution in [2.75, 3.05) is 12.4 Å². The van der Waals surface area contributed by atoms with Gasteiger partial charge in [0.05, 0.1) is 32.6 Å². The van der Waals surface area contributed by atoms with Gasteiger partial charge < -0.3 is 4.74 Å². The molecule has 0 spiro atoms. The molecule has 0 fully saturated rings. The van der Waals surface area contributed by atoms with Crippen LogP contribution in [0.4, 0.5) is 13.2 Å². The summed E-state index contributed by atoms with van der Waals surface area (Å²) < 4.78 is 71.2. The number of halogens is 4. The van der Waals surface area contributed by atoms with Gasteiger partial charge in [-0.1, -0.05) is 53.6 Å². The van der Waals surface area contributed by atoms with E-state index in [4.69, 9.17) is 16.3 Å². The Labute approximate surface area is 216 Å². The number of rotatable bonds is 7. The second kappa shape index (κ2) is 10.4. The molecule has 6 nitrogen and oxygen atoms in total. The fraction of sp³-hybridized carbons (Fsp3) is 0.154. The molecule has 0 aliphatic rings. The van der Waals surface area contributed by atoms with Gasteiger partial charge in [-0.05, 0) is 49.4 Å². The van der Waals surface area contributed by atoms with E-state index in [1.165, 1.54) is 48.5 Å². The predicted molar refractivity (Wildman–Crippen MR) is 133 cm³/mol. The largest absolute Gasteiger partial charge is 0.461 e. The van der Waals surface area contributed by atoms with Crippen LogP contribution in [0.3, 0.4) is 0 Å². The SMILES string of the molecule is Cc1ccc(S(=O)(=O)CCOC(=O)c2ccc(-c3cc(C(F)(F)F)nn3-c3ccccc3Cl)cc2)cc1. The van der Waals surface area contributed by atoms with E-state index in [2.05, 4.69) is 5.10 Å². The molecule has 0 aliphatic heterocycles. The van der Waals surface area contributed by atoms with E-state index < -0.39 is 33.4 Å². The van der Waals surface area contributed by atoms with Crippen LogP contribution in [0.5, 0.6) is 0 Å². The van der Waals surface area contributed by atoms with Crippen molar-refractivity contribution < 1.29 is 31.1 Å². The van der Waals surface area contributed by atoms with E-state index in [0.29, 0.717) is 5.56 Å². The van der Waals surface area contributed by atoms with E-state index in [9.17, 15) is 26.4 Å². The second-order valence-corrected chi connectivity index (χ2v) is 10.6. The molecule has 0 N–H and O–H groups in total. The minimum atomic E-state index is -4.68. The Morgan fingerprint density at radius 2 is 1.65 bits per heavy atom. The minimum absolute atomic E-state index is 0.108. The number of alkyl halides is 3. The van der Waals surface area contributed by atoms with Crippen LogP contribution in [-0.4, -0.2) is 36.5 Å². The summed E-state index contributed by atoms with van der Waals surface area (Å²) in [6, 6.07) is 19.2. The number of sulfone groups is 1. The summed E-state index contributed by atoms with van der Waals surface area (Å²) in [5.74, 6) is -1.15. The number of benzene rings is 3. The number of ether oxygens (including phenoxy) is 1. The van der Waals surface area contributed by atoms with Gasteiger partial charge in [-0.15, -0.1) is 0 Å². The quantitative estimate of drug-likeness (QED) is 0.259. The summed E-state index contributed by atoms with van der Waals surface area (Å²) in [4.78, 5) is 12.6. The van der Waals surface area contributed by atoms with Gasteiger partial charge in [0.2, 0.25) is 0 Å². The monoisotopic (exact) mass is 548 g/mol. The Bertz CT molecular complexity index is 1530. The van der Waals surface area contributed by atoms with Crippen LogP contribution in [0.25, 0.3) is 16.9 Å². The molecule has 0 amide bonds. The lowest BCUT2D eigenvalue weighted by Gasteiger charge is -2.10. The Morgan fingerprint density at radius 1 is 1.00 bits per heavy atom. The van der Waals surface area contributed by atoms with Crippen LogP contribution in [-0.2, 0) is 20.8 Å². The van der Waals surface area contributed by atoms with E-state index in [0.717, 1.165) is 16.3 Å². The van der Waals surface area contributed by atoms with Crippen molar-refractivity contribution in [1.29, 1.82) is 0 Å². The zero-order valence-corrected chi connectivity index (χ0v) is 20.9. The standard InChI is InChI=1S/C26H20ClF3N2O4S/c1-17-6-12-20(13-7-17)37(34,35)15-14-36-25(33)19-10-8-18(9-11-19)23-16-24(26(28,29)30)31-32(23)22-5-3-2-4-21(22)27/h2-13,16H,14-15H2,1H3. The number of carbonyl (C=O) groups is 1. The van der Waals surface area contributed by atoms with Crippen LogP contribution in [0.15, 0.2) is 83.8 Å². The first-order valence-electron chi connectivity index (χ1n) is 10.9.